The van der Waals surface area contributed by atoms with Crippen LogP contribution in [0.4, 0.5) is 9.18 Å². The lowest BCUT2D eigenvalue weighted by Crippen LogP contribution is -2.41. The number of hydrogen-bond acceptors (Lipinski definition) is 6. The second-order valence-corrected chi connectivity index (χ2v) is 19.7. The predicted octanol–water partition coefficient (Wildman–Crippen LogP) is 7.72. The average molecular weight is 621 g/mol. The summed E-state index contributed by atoms with van der Waals surface area (Å²) in [6.07, 6.45) is 7.70. The number of amides is 1. The van der Waals surface area contributed by atoms with Gasteiger partial charge in [-0.2, -0.15) is 10.2 Å². The van der Waals surface area contributed by atoms with Gasteiger partial charge >= 0.3 is 6.09 Å². The molecule has 1 aliphatic rings. The molecule has 1 saturated heterocycles. The Morgan fingerprint density at radius 1 is 1.14 bits per heavy atom. The molecule has 3 aromatic heterocycles. The van der Waals surface area contributed by atoms with Crippen molar-refractivity contribution in [3.05, 3.63) is 53.7 Å². The van der Waals surface area contributed by atoms with Crippen LogP contribution in [0, 0.1) is 12.7 Å². The van der Waals surface area contributed by atoms with Crippen LogP contribution in [-0.2, 0) is 23.3 Å². The smallest absolute Gasteiger partial charge is 0.410 e. The summed E-state index contributed by atoms with van der Waals surface area (Å²) < 4.78 is 31.3. The van der Waals surface area contributed by atoms with Gasteiger partial charge in [-0.15, -0.1) is 0 Å². The van der Waals surface area contributed by atoms with E-state index in [1.807, 2.05) is 57.8 Å². The van der Waals surface area contributed by atoms with Crippen LogP contribution in [0.5, 0.6) is 0 Å². The third-order valence-electron chi connectivity index (χ3n) is 7.91. The summed E-state index contributed by atoms with van der Waals surface area (Å²) in [7, 11) is 0.643. The molecule has 0 saturated carbocycles. The van der Waals surface area contributed by atoms with E-state index in [4.69, 9.17) is 19.6 Å². The van der Waals surface area contributed by atoms with Gasteiger partial charge in [-0.3, -0.25) is 9.67 Å². The molecular weight excluding hydrogens is 575 g/mol. The highest BCUT2D eigenvalue weighted by Gasteiger charge is 2.32. The molecule has 0 aliphatic carbocycles. The highest BCUT2D eigenvalue weighted by atomic mass is 28.3. The Balaban J connectivity index is 1.49. The van der Waals surface area contributed by atoms with Crippen LogP contribution in [0.3, 0.4) is 0 Å². The Hall–Kier alpha value is -3.57. The lowest BCUT2D eigenvalue weighted by molar-refractivity contribution is 0.00946. The fourth-order valence-corrected chi connectivity index (χ4v) is 6.45. The SMILES string of the molecule is Cc1cc(C2CCCCN2C(=O)OC(C)(C)C)cc(F)c1-c1cc2c(-c3cnn(C)c3)nn(COCC[Si](C)(C)C)c2cn1. The Bertz CT molecular complexity index is 1630. The maximum Gasteiger partial charge on any atom is 0.410 e. The van der Waals surface area contributed by atoms with Gasteiger partial charge in [0.2, 0.25) is 0 Å². The zero-order valence-electron chi connectivity index (χ0n) is 27.3. The largest absolute Gasteiger partial charge is 0.444 e. The zero-order chi connectivity index (χ0) is 31.8. The van der Waals surface area contributed by atoms with Gasteiger partial charge in [0.1, 0.15) is 23.8 Å². The zero-order valence-corrected chi connectivity index (χ0v) is 28.3. The van der Waals surface area contributed by atoms with Crippen LogP contribution >= 0.6 is 0 Å². The maximum absolute atomic E-state index is 16.1. The van der Waals surface area contributed by atoms with Gasteiger partial charge in [-0.25, -0.2) is 13.9 Å². The van der Waals surface area contributed by atoms with E-state index in [9.17, 15) is 4.79 Å². The number of aromatic nitrogens is 5. The minimum absolute atomic E-state index is 0.243. The first kappa shape index (κ1) is 31.8. The average Bonchev–Trinajstić information content (AvgIpc) is 3.52. The van der Waals surface area contributed by atoms with Crippen molar-refractivity contribution >= 4 is 25.1 Å². The van der Waals surface area contributed by atoms with E-state index in [1.54, 1.807) is 28.0 Å². The Morgan fingerprint density at radius 3 is 2.57 bits per heavy atom. The van der Waals surface area contributed by atoms with E-state index in [0.29, 0.717) is 31.1 Å². The first-order valence-electron chi connectivity index (χ1n) is 15.4. The van der Waals surface area contributed by atoms with E-state index in [1.165, 1.54) is 0 Å². The lowest BCUT2D eigenvalue weighted by atomic mass is 9.92. The monoisotopic (exact) mass is 620 g/mol. The molecule has 11 heteroatoms. The molecule has 236 valence electrons. The molecular formula is C33H45FN6O3Si. The van der Waals surface area contributed by atoms with Crippen LogP contribution in [0.25, 0.3) is 33.4 Å². The topological polar surface area (TPSA) is 87.3 Å². The van der Waals surface area contributed by atoms with Crippen molar-refractivity contribution in [2.75, 3.05) is 13.2 Å². The number of rotatable bonds is 8. The molecule has 1 fully saturated rings. The maximum atomic E-state index is 16.1. The minimum Gasteiger partial charge on any atom is -0.444 e. The fourth-order valence-electron chi connectivity index (χ4n) is 5.70. The van der Waals surface area contributed by atoms with E-state index in [2.05, 4.69) is 24.7 Å². The van der Waals surface area contributed by atoms with Crippen molar-refractivity contribution in [1.29, 1.82) is 0 Å². The van der Waals surface area contributed by atoms with Gasteiger partial charge in [0, 0.05) is 51.0 Å². The van der Waals surface area contributed by atoms with Crippen LogP contribution in [-0.4, -0.2) is 62.4 Å². The Labute approximate surface area is 260 Å². The number of pyridine rings is 1. The molecule has 0 N–H and O–H groups in total. The summed E-state index contributed by atoms with van der Waals surface area (Å²) >= 11 is 0. The first-order valence-corrected chi connectivity index (χ1v) is 19.1. The number of halogens is 1. The number of carbonyl (C=O) groups excluding carboxylic acids is 1. The fraction of sp³-hybridized carbons (Fsp3) is 0.515. The third-order valence-corrected chi connectivity index (χ3v) is 9.61. The van der Waals surface area contributed by atoms with Gasteiger partial charge in [-0.1, -0.05) is 25.7 Å². The molecule has 0 bridgehead atoms. The molecule has 4 aromatic rings. The summed E-state index contributed by atoms with van der Waals surface area (Å²) in [5.74, 6) is -0.369. The van der Waals surface area contributed by atoms with E-state index < -0.39 is 13.7 Å². The number of aryl methyl sites for hydroxylation is 2. The molecule has 1 aromatic carbocycles. The molecule has 9 nitrogen and oxygen atoms in total. The van der Waals surface area contributed by atoms with Crippen LogP contribution < -0.4 is 0 Å². The van der Waals surface area contributed by atoms with Gasteiger partial charge in [0.15, 0.2) is 0 Å². The molecule has 44 heavy (non-hydrogen) atoms. The molecule has 1 aliphatic heterocycles. The standard InChI is InChI=1S/C33H45FN6O3Si/c1-22-15-23(28-11-9-10-12-39(28)32(41)43-33(2,3)4)16-26(34)30(22)27-17-25-29(19-35-27)40(21-42-13-14-44(6,7)8)37-31(25)24-18-36-38(5)20-24/h15-20,28H,9-14,21H2,1-8H3. The highest BCUT2D eigenvalue weighted by molar-refractivity contribution is 6.76. The Morgan fingerprint density at radius 2 is 1.91 bits per heavy atom. The molecule has 0 spiro atoms. The first-order chi connectivity index (χ1) is 20.7. The number of carbonyl (C=O) groups is 1. The number of likely N-dealkylation sites (tertiary alicyclic amines) is 1. The summed E-state index contributed by atoms with van der Waals surface area (Å²) in [5, 5.41) is 10.1. The van der Waals surface area contributed by atoms with Crippen molar-refractivity contribution in [3.63, 3.8) is 0 Å². The van der Waals surface area contributed by atoms with E-state index >= 15 is 4.39 Å². The number of ether oxygens (including phenoxy) is 2. The number of hydrogen-bond donors (Lipinski definition) is 0. The molecule has 4 heterocycles. The van der Waals surface area contributed by atoms with Crippen molar-refractivity contribution in [1.82, 2.24) is 29.4 Å². The molecule has 1 amide bonds. The van der Waals surface area contributed by atoms with Crippen molar-refractivity contribution in [2.45, 2.75) is 91.0 Å². The van der Waals surface area contributed by atoms with Gasteiger partial charge in [0.25, 0.3) is 0 Å². The number of piperidine rings is 1. The summed E-state index contributed by atoms with van der Waals surface area (Å²) in [5.41, 5.74) is 4.31. The normalized spacial score (nSPS) is 16.1. The van der Waals surface area contributed by atoms with Crippen LogP contribution in [0.1, 0.15) is 57.2 Å². The third kappa shape index (κ3) is 7.21. The molecule has 5 rings (SSSR count). The molecule has 1 atom stereocenters. The van der Waals surface area contributed by atoms with Crippen molar-refractivity contribution in [2.24, 2.45) is 7.05 Å². The van der Waals surface area contributed by atoms with E-state index in [0.717, 1.165) is 58.6 Å². The van der Waals surface area contributed by atoms with Crippen LogP contribution in [0.15, 0.2) is 36.8 Å². The van der Waals surface area contributed by atoms with E-state index in [-0.39, 0.29) is 18.0 Å². The highest BCUT2D eigenvalue weighted by Crippen LogP contribution is 2.37. The Kier molecular flexibility index (Phi) is 9.00. The van der Waals surface area contributed by atoms with Crippen molar-refractivity contribution in [3.8, 4) is 22.5 Å². The quantitative estimate of drug-likeness (QED) is 0.148. The second-order valence-electron chi connectivity index (χ2n) is 14.1. The lowest BCUT2D eigenvalue weighted by Gasteiger charge is -2.37. The van der Waals surface area contributed by atoms with Crippen molar-refractivity contribution < 1.29 is 18.7 Å². The number of nitrogens with zero attached hydrogens (tertiary/aromatic N) is 6. The van der Waals surface area contributed by atoms with Gasteiger partial charge in [-0.05, 0) is 76.3 Å². The van der Waals surface area contributed by atoms with Crippen LogP contribution in [0.2, 0.25) is 25.7 Å². The summed E-state index contributed by atoms with van der Waals surface area (Å²) in [6.45, 7) is 16.0. The second kappa shape index (κ2) is 12.4. The molecule has 0 radical (unpaired) electrons. The van der Waals surface area contributed by atoms with Gasteiger partial charge < -0.3 is 14.4 Å². The summed E-state index contributed by atoms with van der Waals surface area (Å²) in [4.78, 5) is 19.5. The minimum atomic E-state index is -1.22. The predicted molar refractivity (Wildman–Crippen MR) is 173 cm³/mol. The molecule has 1 unspecified atom stereocenters. The van der Waals surface area contributed by atoms with Gasteiger partial charge in [0.05, 0.1) is 29.6 Å². The number of fused-ring (bicyclic) bond motifs is 1. The number of benzene rings is 1. The summed E-state index contributed by atoms with van der Waals surface area (Å²) in [6, 6.07) is 6.26.